The van der Waals surface area contributed by atoms with Crippen LogP contribution in [0.2, 0.25) is 5.02 Å². The van der Waals surface area contributed by atoms with E-state index in [9.17, 15) is 18.0 Å². The van der Waals surface area contributed by atoms with Gasteiger partial charge in [-0.15, -0.1) is 0 Å². The third-order valence-corrected chi connectivity index (χ3v) is 6.17. The maximum atomic E-state index is 12.8. The molecule has 27 heavy (non-hydrogen) atoms. The number of hydrogen-bond donors (Lipinski definition) is 2. The number of benzene rings is 1. The molecule has 0 aromatic heterocycles. The first-order valence-corrected chi connectivity index (χ1v) is 11.6. The van der Waals surface area contributed by atoms with E-state index in [1.807, 2.05) is 0 Å². The fourth-order valence-electron chi connectivity index (χ4n) is 3.26. The summed E-state index contributed by atoms with van der Waals surface area (Å²) in [6.07, 6.45) is 5.31. The maximum Gasteiger partial charge on any atom is 0.251 e. The summed E-state index contributed by atoms with van der Waals surface area (Å²) in [5, 5.41) is 6.18. The lowest BCUT2D eigenvalue weighted by molar-refractivity contribution is -0.124. The Morgan fingerprint density at radius 3 is 2.41 bits per heavy atom. The van der Waals surface area contributed by atoms with E-state index in [0.717, 1.165) is 31.9 Å². The molecule has 1 aliphatic carbocycles. The molecule has 0 bridgehead atoms. The van der Waals surface area contributed by atoms with E-state index < -0.39 is 21.8 Å². The second-order valence-corrected chi connectivity index (χ2v) is 10.0. The van der Waals surface area contributed by atoms with Crippen molar-refractivity contribution in [3.8, 4) is 0 Å². The highest BCUT2D eigenvalue weighted by Gasteiger charge is 2.28. The molecule has 0 spiro atoms. The van der Waals surface area contributed by atoms with Gasteiger partial charge in [-0.2, -0.15) is 0 Å². The molecule has 1 aromatic rings. The summed E-state index contributed by atoms with van der Waals surface area (Å²) in [6.45, 7) is 2.10. The Balaban J connectivity index is 2.08. The van der Waals surface area contributed by atoms with E-state index in [0.29, 0.717) is 16.5 Å². The minimum atomic E-state index is -3.25. The van der Waals surface area contributed by atoms with Crippen molar-refractivity contribution < 1.29 is 18.0 Å². The molecule has 8 heteroatoms. The summed E-state index contributed by atoms with van der Waals surface area (Å²) < 4.78 is 23.1. The van der Waals surface area contributed by atoms with Gasteiger partial charge in [0, 0.05) is 22.9 Å². The van der Waals surface area contributed by atoms with Gasteiger partial charge < -0.3 is 10.6 Å². The highest BCUT2D eigenvalue weighted by Crippen LogP contribution is 2.23. The fourth-order valence-corrected chi connectivity index (χ4v) is 4.05. The Hall–Kier alpha value is -1.60. The van der Waals surface area contributed by atoms with Crippen LogP contribution in [0.3, 0.4) is 0 Å². The molecule has 150 valence electrons. The van der Waals surface area contributed by atoms with Crippen LogP contribution in [0.5, 0.6) is 0 Å². The molecule has 1 aliphatic rings. The second kappa shape index (κ2) is 9.55. The van der Waals surface area contributed by atoms with Crippen LogP contribution in [-0.2, 0) is 14.6 Å². The number of hydrogen-bond acceptors (Lipinski definition) is 4. The van der Waals surface area contributed by atoms with Crippen molar-refractivity contribution >= 4 is 33.3 Å². The molecule has 0 aliphatic heterocycles. The number of halogens is 1. The van der Waals surface area contributed by atoms with E-state index in [1.54, 1.807) is 24.3 Å². The molecule has 2 N–H and O–H groups in total. The quantitative estimate of drug-likeness (QED) is 0.717. The number of amides is 2. The highest BCUT2D eigenvalue weighted by atomic mass is 35.5. The van der Waals surface area contributed by atoms with Crippen molar-refractivity contribution in [1.82, 2.24) is 10.6 Å². The largest absolute Gasteiger partial charge is 0.351 e. The molecule has 0 saturated heterocycles. The first-order chi connectivity index (χ1) is 12.7. The lowest BCUT2D eigenvalue weighted by Gasteiger charge is -2.31. The van der Waals surface area contributed by atoms with Crippen molar-refractivity contribution in [3.63, 3.8) is 0 Å². The van der Waals surface area contributed by atoms with E-state index >= 15 is 0 Å². The zero-order chi connectivity index (χ0) is 20.0. The number of nitrogens with one attached hydrogen (secondary N) is 2. The van der Waals surface area contributed by atoms with Crippen molar-refractivity contribution in [3.05, 3.63) is 34.9 Å². The van der Waals surface area contributed by atoms with Crippen LogP contribution in [0.4, 0.5) is 0 Å². The zero-order valence-electron chi connectivity index (χ0n) is 15.7. The van der Waals surface area contributed by atoms with Crippen LogP contribution >= 0.6 is 11.6 Å². The summed E-state index contributed by atoms with van der Waals surface area (Å²) in [4.78, 5) is 25.2. The Kier molecular flexibility index (Phi) is 7.68. The summed E-state index contributed by atoms with van der Waals surface area (Å²) in [5.74, 6) is -0.575. The molecule has 0 radical (unpaired) electrons. The minimum Gasteiger partial charge on any atom is -0.351 e. The van der Waals surface area contributed by atoms with Gasteiger partial charge in [0.25, 0.3) is 5.91 Å². The van der Waals surface area contributed by atoms with Gasteiger partial charge in [0.15, 0.2) is 0 Å². The van der Waals surface area contributed by atoms with Crippen molar-refractivity contribution in [2.24, 2.45) is 5.92 Å². The molecular formula is C19H27ClN2O4S. The average molecular weight is 415 g/mol. The predicted octanol–water partition coefficient (Wildman–Crippen LogP) is 2.57. The van der Waals surface area contributed by atoms with Gasteiger partial charge in [-0.05, 0) is 49.4 Å². The molecule has 3 atom stereocenters. The van der Waals surface area contributed by atoms with Crippen LogP contribution in [0.15, 0.2) is 24.3 Å². The molecule has 3 unspecified atom stereocenters. The maximum absolute atomic E-state index is 12.8. The van der Waals surface area contributed by atoms with Crippen LogP contribution < -0.4 is 10.6 Å². The van der Waals surface area contributed by atoms with Crippen molar-refractivity contribution in [2.75, 3.05) is 12.0 Å². The van der Waals surface area contributed by atoms with Crippen LogP contribution in [0.25, 0.3) is 0 Å². The van der Waals surface area contributed by atoms with Gasteiger partial charge in [0.05, 0.1) is 5.75 Å². The highest BCUT2D eigenvalue weighted by molar-refractivity contribution is 7.90. The lowest BCUT2D eigenvalue weighted by atomic mass is 9.86. The van der Waals surface area contributed by atoms with E-state index in [1.165, 1.54) is 0 Å². The van der Waals surface area contributed by atoms with Crippen molar-refractivity contribution in [1.29, 1.82) is 0 Å². The van der Waals surface area contributed by atoms with Gasteiger partial charge >= 0.3 is 0 Å². The monoisotopic (exact) mass is 414 g/mol. The SMILES string of the molecule is CC1CCCCC1NC(=O)C(CCS(C)(=O)=O)NC(=O)c1ccc(Cl)cc1. The molecule has 1 fully saturated rings. The first kappa shape index (κ1) is 21.7. The third-order valence-electron chi connectivity index (χ3n) is 4.94. The van der Waals surface area contributed by atoms with Gasteiger partial charge in [0.2, 0.25) is 5.91 Å². The topological polar surface area (TPSA) is 92.3 Å². The summed E-state index contributed by atoms with van der Waals surface area (Å²) >= 11 is 5.83. The molecule has 6 nitrogen and oxygen atoms in total. The summed E-state index contributed by atoms with van der Waals surface area (Å²) in [6, 6.07) is 5.45. The van der Waals surface area contributed by atoms with Gasteiger partial charge in [-0.1, -0.05) is 31.4 Å². The normalized spacial score (nSPS) is 21.3. The third kappa shape index (κ3) is 7.14. The Labute approximate surface area is 166 Å². The predicted molar refractivity (Wildman–Crippen MR) is 107 cm³/mol. The summed E-state index contributed by atoms with van der Waals surface area (Å²) in [7, 11) is -3.25. The van der Waals surface area contributed by atoms with Gasteiger partial charge in [-0.25, -0.2) is 8.42 Å². The van der Waals surface area contributed by atoms with E-state index in [2.05, 4.69) is 17.6 Å². The van der Waals surface area contributed by atoms with E-state index in [4.69, 9.17) is 11.6 Å². The zero-order valence-corrected chi connectivity index (χ0v) is 17.3. The Bertz CT molecular complexity index is 764. The molecule has 1 saturated carbocycles. The first-order valence-electron chi connectivity index (χ1n) is 9.20. The standard InChI is InChI=1S/C19H27ClN2O4S/c1-13-5-3-4-6-16(13)21-19(24)17(11-12-27(2,25)26)22-18(23)14-7-9-15(20)10-8-14/h7-10,13,16-17H,3-6,11-12H2,1-2H3,(H,21,24)(H,22,23). The van der Waals surface area contributed by atoms with Crippen molar-refractivity contribution in [2.45, 2.75) is 51.1 Å². The number of carbonyl (C=O) groups excluding carboxylic acids is 2. The molecule has 2 amide bonds. The molecule has 2 rings (SSSR count). The van der Waals surface area contributed by atoms with Crippen LogP contribution in [-0.4, -0.2) is 44.3 Å². The summed E-state index contributed by atoms with van der Waals surface area (Å²) in [5.41, 5.74) is 0.364. The number of carbonyl (C=O) groups is 2. The molecule has 0 heterocycles. The Morgan fingerprint density at radius 2 is 1.81 bits per heavy atom. The van der Waals surface area contributed by atoms with Crippen LogP contribution in [0, 0.1) is 5.92 Å². The fraction of sp³-hybridized carbons (Fsp3) is 0.579. The van der Waals surface area contributed by atoms with Gasteiger partial charge in [0.1, 0.15) is 15.9 Å². The lowest BCUT2D eigenvalue weighted by Crippen LogP contribution is -2.52. The minimum absolute atomic E-state index is 0.0328. The van der Waals surface area contributed by atoms with E-state index in [-0.39, 0.29) is 24.1 Å². The van der Waals surface area contributed by atoms with Gasteiger partial charge in [-0.3, -0.25) is 9.59 Å². The smallest absolute Gasteiger partial charge is 0.251 e. The van der Waals surface area contributed by atoms with Crippen LogP contribution in [0.1, 0.15) is 49.4 Å². The average Bonchev–Trinajstić information content (AvgIpc) is 2.60. The molecule has 1 aromatic carbocycles. The number of sulfone groups is 1. The second-order valence-electron chi connectivity index (χ2n) is 7.33. The number of rotatable bonds is 7. The molecular weight excluding hydrogens is 388 g/mol. The Morgan fingerprint density at radius 1 is 1.19 bits per heavy atom.